The second kappa shape index (κ2) is 11.7. The zero-order valence-electron chi connectivity index (χ0n) is 18.5. The standard InChI is InChI=1S/C24H28F3N3O4/c25-24(26,27)17-5-4-8-21(13-17)34-15-20(31)14-28-23(33)30-19-11-9-16(10-12-19)22(32)29-18-6-2-1-3-7-18/h4-5,8-13,18,20,31H,1-3,6-7,14-15H2,(H,29,32)(H2,28,30,33). The number of amides is 3. The maximum Gasteiger partial charge on any atom is 0.416 e. The van der Waals surface area contributed by atoms with Crippen molar-refractivity contribution in [3.63, 3.8) is 0 Å². The van der Waals surface area contributed by atoms with E-state index in [2.05, 4.69) is 16.0 Å². The quantitative estimate of drug-likeness (QED) is 0.453. The predicted octanol–water partition coefficient (Wildman–Crippen LogP) is 4.33. The topological polar surface area (TPSA) is 99.7 Å². The summed E-state index contributed by atoms with van der Waals surface area (Å²) in [6, 6.07) is 10.4. The third kappa shape index (κ3) is 7.95. The number of benzene rings is 2. The monoisotopic (exact) mass is 479 g/mol. The minimum absolute atomic E-state index is 0.0362. The number of nitrogens with one attached hydrogen (secondary N) is 3. The molecule has 3 amide bonds. The fourth-order valence-electron chi connectivity index (χ4n) is 3.62. The minimum atomic E-state index is -4.49. The molecule has 34 heavy (non-hydrogen) atoms. The lowest BCUT2D eigenvalue weighted by Crippen LogP contribution is -2.37. The Bertz CT molecular complexity index is 961. The van der Waals surface area contributed by atoms with E-state index < -0.39 is 23.9 Å². The first-order valence-electron chi connectivity index (χ1n) is 11.1. The van der Waals surface area contributed by atoms with Crippen LogP contribution in [0.15, 0.2) is 48.5 Å². The zero-order valence-corrected chi connectivity index (χ0v) is 18.5. The van der Waals surface area contributed by atoms with Gasteiger partial charge in [-0.1, -0.05) is 25.3 Å². The molecular weight excluding hydrogens is 451 g/mol. The van der Waals surface area contributed by atoms with Crippen molar-refractivity contribution in [2.75, 3.05) is 18.5 Å². The number of urea groups is 1. The number of ether oxygens (including phenoxy) is 1. The fourth-order valence-corrected chi connectivity index (χ4v) is 3.62. The summed E-state index contributed by atoms with van der Waals surface area (Å²) in [7, 11) is 0. The van der Waals surface area contributed by atoms with Gasteiger partial charge < -0.3 is 25.8 Å². The van der Waals surface area contributed by atoms with Crippen LogP contribution in [-0.2, 0) is 6.18 Å². The van der Waals surface area contributed by atoms with E-state index >= 15 is 0 Å². The molecule has 0 aromatic heterocycles. The molecule has 2 aromatic carbocycles. The van der Waals surface area contributed by atoms with Crippen LogP contribution in [0, 0.1) is 0 Å². The van der Waals surface area contributed by atoms with Crippen LogP contribution in [-0.4, -0.2) is 42.3 Å². The van der Waals surface area contributed by atoms with E-state index in [9.17, 15) is 27.9 Å². The summed E-state index contributed by atoms with van der Waals surface area (Å²) in [6.45, 7) is -0.473. The third-order valence-electron chi connectivity index (χ3n) is 5.45. The van der Waals surface area contributed by atoms with Gasteiger partial charge in [-0.05, 0) is 55.3 Å². The van der Waals surface area contributed by atoms with Gasteiger partial charge in [0.2, 0.25) is 0 Å². The number of anilines is 1. The van der Waals surface area contributed by atoms with Gasteiger partial charge in [-0.25, -0.2) is 4.79 Å². The molecule has 4 N–H and O–H groups in total. The molecule has 3 rings (SSSR count). The van der Waals surface area contributed by atoms with Gasteiger partial charge in [0, 0.05) is 23.8 Å². The van der Waals surface area contributed by atoms with Gasteiger partial charge in [0.1, 0.15) is 18.5 Å². The number of carbonyl (C=O) groups is 2. The summed E-state index contributed by atoms with van der Waals surface area (Å²) in [6.07, 6.45) is -0.204. The van der Waals surface area contributed by atoms with Gasteiger partial charge in [0.15, 0.2) is 0 Å². The van der Waals surface area contributed by atoms with Crippen molar-refractivity contribution in [2.24, 2.45) is 0 Å². The molecule has 10 heteroatoms. The molecule has 184 valence electrons. The van der Waals surface area contributed by atoms with Crippen molar-refractivity contribution in [1.29, 1.82) is 0 Å². The van der Waals surface area contributed by atoms with Crippen molar-refractivity contribution >= 4 is 17.6 Å². The molecule has 0 spiro atoms. The van der Waals surface area contributed by atoms with Crippen LogP contribution >= 0.6 is 0 Å². The molecule has 1 saturated carbocycles. The fraction of sp³-hybridized carbons (Fsp3) is 0.417. The maximum atomic E-state index is 12.7. The average Bonchev–Trinajstić information content (AvgIpc) is 2.82. The highest BCUT2D eigenvalue weighted by atomic mass is 19.4. The second-order valence-corrected chi connectivity index (χ2v) is 8.21. The summed E-state index contributed by atoms with van der Waals surface area (Å²) >= 11 is 0. The van der Waals surface area contributed by atoms with Gasteiger partial charge >= 0.3 is 12.2 Å². The van der Waals surface area contributed by atoms with Crippen molar-refractivity contribution < 1.29 is 32.6 Å². The van der Waals surface area contributed by atoms with E-state index in [-0.39, 0.29) is 30.9 Å². The van der Waals surface area contributed by atoms with Crippen molar-refractivity contribution in [3.8, 4) is 5.75 Å². The minimum Gasteiger partial charge on any atom is -0.491 e. The normalized spacial score (nSPS) is 15.3. The highest BCUT2D eigenvalue weighted by Gasteiger charge is 2.30. The van der Waals surface area contributed by atoms with Crippen molar-refractivity contribution in [3.05, 3.63) is 59.7 Å². The lowest BCUT2D eigenvalue weighted by molar-refractivity contribution is -0.137. The molecule has 1 fully saturated rings. The van der Waals surface area contributed by atoms with Gasteiger partial charge in [0.25, 0.3) is 5.91 Å². The number of carbonyl (C=O) groups excluding carboxylic acids is 2. The highest BCUT2D eigenvalue weighted by Crippen LogP contribution is 2.31. The summed E-state index contributed by atoms with van der Waals surface area (Å²) in [4.78, 5) is 24.4. The first-order valence-corrected chi connectivity index (χ1v) is 11.1. The number of aliphatic hydroxyl groups is 1. The molecule has 0 bridgehead atoms. The Labute approximate surface area is 195 Å². The lowest BCUT2D eigenvalue weighted by Gasteiger charge is -2.22. The van der Waals surface area contributed by atoms with Crippen molar-refractivity contribution in [2.45, 2.75) is 50.4 Å². The molecule has 0 saturated heterocycles. The molecule has 0 radical (unpaired) electrons. The lowest BCUT2D eigenvalue weighted by atomic mass is 9.95. The van der Waals surface area contributed by atoms with Gasteiger partial charge in [-0.15, -0.1) is 0 Å². The van der Waals surface area contributed by atoms with Gasteiger partial charge in [-0.3, -0.25) is 4.79 Å². The second-order valence-electron chi connectivity index (χ2n) is 8.21. The van der Waals surface area contributed by atoms with Gasteiger partial charge in [0.05, 0.1) is 5.56 Å². The smallest absolute Gasteiger partial charge is 0.416 e. The summed E-state index contributed by atoms with van der Waals surface area (Å²) in [5.41, 5.74) is 0.106. The molecule has 2 aromatic rings. The Kier molecular flexibility index (Phi) is 8.75. The Morgan fingerprint density at radius 3 is 2.44 bits per heavy atom. The van der Waals surface area contributed by atoms with Crippen LogP contribution in [0.5, 0.6) is 5.75 Å². The molecule has 1 aliphatic carbocycles. The van der Waals surface area contributed by atoms with Crippen LogP contribution in [0.25, 0.3) is 0 Å². The van der Waals surface area contributed by atoms with Gasteiger partial charge in [-0.2, -0.15) is 13.2 Å². The Morgan fingerprint density at radius 2 is 1.76 bits per heavy atom. The predicted molar refractivity (Wildman–Crippen MR) is 121 cm³/mol. The molecule has 0 heterocycles. The number of aliphatic hydroxyl groups excluding tert-OH is 1. The number of hydrogen-bond donors (Lipinski definition) is 4. The molecule has 7 nitrogen and oxygen atoms in total. The molecule has 0 aliphatic heterocycles. The number of hydrogen-bond acceptors (Lipinski definition) is 4. The number of rotatable bonds is 8. The SMILES string of the molecule is O=C(NCC(O)COc1cccc(C(F)(F)F)c1)Nc1ccc(C(=O)NC2CCCCC2)cc1. The average molecular weight is 479 g/mol. The number of alkyl halides is 3. The van der Waals surface area contributed by atoms with E-state index in [1.807, 2.05) is 0 Å². The Morgan fingerprint density at radius 1 is 1.06 bits per heavy atom. The van der Waals surface area contributed by atoms with Crippen LogP contribution < -0.4 is 20.7 Å². The molecule has 1 atom stereocenters. The largest absolute Gasteiger partial charge is 0.491 e. The van der Waals surface area contributed by atoms with Crippen molar-refractivity contribution in [1.82, 2.24) is 10.6 Å². The number of halogens is 3. The molecule has 1 aliphatic rings. The van der Waals surface area contributed by atoms with E-state index in [4.69, 9.17) is 4.74 Å². The summed E-state index contributed by atoms with van der Waals surface area (Å²) in [5.74, 6) is -0.183. The first-order chi connectivity index (χ1) is 16.2. The molecule has 1 unspecified atom stereocenters. The zero-order chi connectivity index (χ0) is 24.6. The van der Waals surface area contributed by atoms with E-state index in [1.54, 1.807) is 24.3 Å². The summed E-state index contributed by atoms with van der Waals surface area (Å²) < 4.78 is 43.4. The first kappa shape index (κ1) is 25.4. The van der Waals surface area contributed by atoms with E-state index in [0.717, 1.165) is 37.8 Å². The van der Waals surface area contributed by atoms with Crippen LogP contribution in [0.2, 0.25) is 0 Å². The maximum absolute atomic E-state index is 12.7. The summed E-state index contributed by atoms with van der Waals surface area (Å²) in [5, 5.41) is 18.0. The van der Waals surface area contributed by atoms with E-state index in [1.165, 1.54) is 18.6 Å². The van der Waals surface area contributed by atoms with Crippen LogP contribution in [0.3, 0.4) is 0 Å². The Hall–Kier alpha value is -3.27. The van der Waals surface area contributed by atoms with Crippen LogP contribution in [0.4, 0.5) is 23.7 Å². The highest BCUT2D eigenvalue weighted by molar-refractivity contribution is 5.95. The Balaban J connectivity index is 1.39. The third-order valence-corrected chi connectivity index (χ3v) is 5.45. The molecular formula is C24H28F3N3O4. The van der Waals surface area contributed by atoms with Crippen LogP contribution in [0.1, 0.15) is 48.0 Å². The van der Waals surface area contributed by atoms with E-state index in [0.29, 0.717) is 11.3 Å².